The normalized spacial score (nSPS) is 11.2. The van der Waals surface area contributed by atoms with Crippen LogP contribution in [0.5, 0.6) is 11.5 Å². The molecule has 0 aliphatic heterocycles. The highest BCUT2D eigenvalue weighted by molar-refractivity contribution is 7.98. The van der Waals surface area contributed by atoms with E-state index in [1.807, 2.05) is 26.4 Å². The zero-order valence-electron chi connectivity index (χ0n) is 18.1. The molecule has 0 atom stereocenters. The molecule has 2 aromatic heterocycles. The van der Waals surface area contributed by atoms with Gasteiger partial charge in [-0.1, -0.05) is 35.0 Å². The molecule has 0 saturated heterocycles. The van der Waals surface area contributed by atoms with E-state index in [2.05, 4.69) is 20.2 Å². The standard InChI is InChI=1S/C21H25Cl2N5O2S/c1-28(2)8-6-7-24-20-19-12(11-25-21(27-19)31-5)9-13(26-20)16-17(22)14(29-3)10-15(30-4)18(16)23/h9-11H,6-8H2,1-5H3,(H,24,26). The molecular formula is C21H25Cl2N5O2S. The first-order valence-corrected chi connectivity index (χ1v) is 11.6. The van der Waals surface area contributed by atoms with E-state index in [0.717, 1.165) is 30.4 Å². The summed E-state index contributed by atoms with van der Waals surface area (Å²) in [6.45, 7) is 1.70. The van der Waals surface area contributed by atoms with Gasteiger partial charge in [0, 0.05) is 29.8 Å². The van der Waals surface area contributed by atoms with Gasteiger partial charge in [-0.3, -0.25) is 0 Å². The maximum Gasteiger partial charge on any atom is 0.187 e. The number of methoxy groups -OCH3 is 2. The van der Waals surface area contributed by atoms with Crippen molar-refractivity contribution in [1.29, 1.82) is 0 Å². The van der Waals surface area contributed by atoms with Crippen LogP contribution >= 0.6 is 35.0 Å². The summed E-state index contributed by atoms with van der Waals surface area (Å²) in [7, 11) is 7.18. The topological polar surface area (TPSA) is 72.4 Å². The summed E-state index contributed by atoms with van der Waals surface area (Å²) in [5.74, 6) is 1.56. The van der Waals surface area contributed by atoms with E-state index in [9.17, 15) is 0 Å². The summed E-state index contributed by atoms with van der Waals surface area (Å²) in [4.78, 5) is 16.0. The van der Waals surface area contributed by atoms with Crippen LogP contribution in [0.4, 0.5) is 5.82 Å². The van der Waals surface area contributed by atoms with E-state index < -0.39 is 0 Å². The number of benzene rings is 1. The Labute approximate surface area is 196 Å². The number of aromatic nitrogens is 3. The lowest BCUT2D eigenvalue weighted by molar-refractivity contribution is 0.395. The van der Waals surface area contributed by atoms with Crippen molar-refractivity contribution in [2.45, 2.75) is 11.6 Å². The van der Waals surface area contributed by atoms with E-state index >= 15 is 0 Å². The average molecular weight is 482 g/mol. The fraction of sp³-hybridized carbons (Fsp3) is 0.381. The molecule has 0 fully saturated rings. The molecule has 0 spiro atoms. The number of ether oxygens (including phenoxy) is 2. The van der Waals surface area contributed by atoms with Gasteiger partial charge >= 0.3 is 0 Å². The molecule has 10 heteroatoms. The van der Waals surface area contributed by atoms with Crippen LogP contribution in [0.3, 0.4) is 0 Å². The Balaban J connectivity index is 2.16. The highest BCUT2D eigenvalue weighted by Gasteiger charge is 2.21. The van der Waals surface area contributed by atoms with E-state index in [1.54, 1.807) is 26.5 Å². The SMILES string of the molecule is COc1cc(OC)c(Cl)c(-c2cc3cnc(SC)nc3c(NCCCN(C)C)n2)c1Cl. The number of thioether (sulfide) groups is 1. The lowest BCUT2D eigenvalue weighted by Crippen LogP contribution is -2.17. The lowest BCUT2D eigenvalue weighted by Gasteiger charge is -2.16. The number of nitrogens with zero attached hydrogens (tertiary/aromatic N) is 4. The van der Waals surface area contributed by atoms with Crippen LogP contribution in [-0.2, 0) is 0 Å². The Morgan fingerprint density at radius 3 is 2.32 bits per heavy atom. The number of rotatable bonds is 9. The minimum Gasteiger partial charge on any atom is -0.495 e. The number of halogens is 2. The first-order chi connectivity index (χ1) is 14.9. The van der Waals surface area contributed by atoms with Gasteiger partial charge in [0.25, 0.3) is 0 Å². The molecule has 2 heterocycles. The maximum absolute atomic E-state index is 6.62. The molecule has 0 radical (unpaired) electrons. The summed E-state index contributed by atoms with van der Waals surface area (Å²) in [6, 6.07) is 3.53. The molecule has 3 aromatic rings. The fourth-order valence-corrected chi connectivity index (χ4v) is 4.12. The van der Waals surface area contributed by atoms with E-state index in [-0.39, 0.29) is 0 Å². The fourth-order valence-electron chi connectivity index (χ4n) is 3.09. The molecular weight excluding hydrogens is 457 g/mol. The molecule has 0 unspecified atom stereocenters. The molecule has 3 rings (SSSR count). The van der Waals surface area contributed by atoms with Gasteiger partial charge in [-0.25, -0.2) is 15.0 Å². The summed E-state index contributed by atoms with van der Waals surface area (Å²) < 4.78 is 10.8. The van der Waals surface area contributed by atoms with Gasteiger partial charge in [-0.2, -0.15) is 0 Å². The molecule has 0 aliphatic rings. The van der Waals surface area contributed by atoms with Crippen molar-refractivity contribution < 1.29 is 9.47 Å². The molecule has 0 aliphatic carbocycles. The van der Waals surface area contributed by atoms with Crippen LogP contribution in [0.1, 0.15) is 6.42 Å². The Morgan fingerprint density at radius 2 is 1.74 bits per heavy atom. The Hall–Kier alpha value is -2.00. The van der Waals surface area contributed by atoms with Crippen LogP contribution < -0.4 is 14.8 Å². The number of nitrogens with one attached hydrogen (secondary N) is 1. The maximum atomic E-state index is 6.62. The number of hydrogen-bond acceptors (Lipinski definition) is 8. The number of fused-ring (bicyclic) bond motifs is 1. The predicted octanol–water partition coefficient (Wildman–Crippen LogP) is 5.10. The second kappa shape index (κ2) is 10.5. The highest BCUT2D eigenvalue weighted by Crippen LogP contribution is 2.46. The molecule has 0 saturated carbocycles. The van der Waals surface area contributed by atoms with Crippen LogP contribution in [-0.4, -0.2) is 67.5 Å². The zero-order chi connectivity index (χ0) is 22.5. The van der Waals surface area contributed by atoms with Gasteiger partial charge in [0.05, 0.1) is 30.0 Å². The Kier molecular flexibility index (Phi) is 8.05. The van der Waals surface area contributed by atoms with Gasteiger partial charge in [-0.05, 0) is 39.4 Å². The quantitative estimate of drug-likeness (QED) is 0.257. The van der Waals surface area contributed by atoms with Gasteiger partial charge in [0.2, 0.25) is 0 Å². The van der Waals surface area contributed by atoms with Crippen molar-refractivity contribution in [2.24, 2.45) is 0 Å². The zero-order valence-corrected chi connectivity index (χ0v) is 20.5. The van der Waals surface area contributed by atoms with Crippen molar-refractivity contribution in [3.63, 3.8) is 0 Å². The molecule has 1 N–H and O–H groups in total. The van der Waals surface area contributed by atoms with E-state index in [1.165, 1.54) is 11.8 Å². The second-order valence-electron chi connectivity index (χ2n) is 7.02. The third kappa shape index (κ3) is 5.26. The van der Waals surface area contributed by atoms with E-state index in [0.29, 0.717) is 43.8 Å². The predicted molar refractivity (Wildman–Crippen MR) is 129 cm³/mol. The minimum atomic E-state index is 0.361. The molecule has 0 amide bonds. The average Bonchev–Trinajstić information content (AvgIpc) is 2.76. The summed E-state index contributed by atoms with van der Waals surface area (Å²) in [5.41, 5.74) is 1.86. The lowest BCUT2D eigenvalue weighted by atomic mass is 10.1. The third-order valence-electron chi connectivity index (χ3n) is 4.63. The van der Waals surface area contributed by atoms with E-state index in [4.69, 9.17) is 37.7 Å². The third-order valence-corrected chi connectivity index (χ3v) is 5.94. The van der Waals surface area contributed by atoms with Gasteiger partial charge in [-0.15, -0.1) is 0 Å². The number of pyridine rings is 1. The van der Waals surface area contributed by atoms with Gasteiger partial charge < -0.3 is 19.7 Å². The summed E-state index contributed by atoms with van der Waals surface area (Å²) in [5, 5.41) is 5.64. The first kappa shape index (κ1) is 23.7. The van der Waals surface area contributed by atoms with Gasteiger partial charge in [0.1, 0.15) is 17.0 Å². The molecule has 166 valence electrons. The van der Waals surface area contributed by atoms with Crippen molar-refractivity contribution in [3.05, 3.63) is 28.4 Å². The number of hydrogen-bond donors (Lipinski definition) is 1. The molecule has 7 nitrogen and oxygen atoms in total. The van der Waals surface area contributed by atoms with Gasteiger partial charge in [0.15, 0.2) is 11.0 Å². The van der Waals surface area contributed by atoms with Crippen LogP contribution in [0, 0.1) is 0 Å². The highest BCUT2D eigenvalue weighted by atomic mass is 35.5. The monoisotopic (exact) mass is 481 g/mol. The largest absolute Gasteiger partial charge is 0.495 e. The molecule has 1 aromatic carbocycles. The smallest absolute Gasteiger partial charge is 0.187 e. The van der Waals surface area contributed by atoms with Crippen LogP contribution in [0.15, 0.2) is 23.5 Å². The second-order valence-corrected chi connectivity index (χ2v) is 8.55. The van der Waals surface area contributed by atoms with Crippen LogP contribution in [0.2, 0.25) is 10.0 Å². The van der Waals surface area contributed by atoms with Crippen molar-refractivity contribution >= 4 is 51.7 Å². The Morgan fingerprint density at radius 1 is 1.06 bits per heavy atom. The first-order valence-electron chi connectivity index (χ1n) is 9.60. The van der Waals surface area contributed by atoms with Crippen molar-refractivity contribution in [1.82, 2.24) is 19.9 Å². The van der Waals surface area contributed by atoms with Crippen molar-refractivity contribution in [2.75, 3.05) is 53.0 Å². The number of anilines is 1. The molecule has 31 heavy (non-hydrogen) atoms. The minimum absolute atomic E-state index is 0.361. The summed E-state index contributed by atoms with van der Waals surface area (Å²) in [6.07, 6.45) is 4.67. The Bertz CT molecular complexity index is 1050. The molecule has 0 bridgehead atoms. The van der Waals surface area contributed by atoms with Crippen molar-refractivity contribution in [3.8, 4) is 22.8 Å². The summed E-state index contributed by atoms with van der Waals surface area (Å²) >= 11 is 14.7. The van der Waals surface area contributed by atoms with Crippen LogP contribution in [0.25, 0.3) is 22.2 Å².